The van der Waals surface area contributed by atoms with Crippen molar-refractivity contribution in [2.45, 2.75) is 12.7 Å². The number of Topliss-reactive ketones (excluding diaryl/α,β-unsaturated/α-hetero) is 1. The number of rotatable bonds is 7. The van der Waals surface area contributed by atoms with Crippen molar-refractivity contribution in [3.05, 3.63) is 81.2 Å². The average molecular weight is 432 g/mol. The summed E-state index contributed by atoms with van der Waals surface area (Å²) in [7, 11) is 0. The van der Waals surface area contributed by atoms with Crippen LogP contribution in [0.15, 0.2) is 63.9 Å². The Hall–Kier alpha value is -2.02. The van der Waals surface area contributed by atoms with Gasteiger partial charge in [0, 0.05) is 21.9 Å². The molecule has 2 aromatic rings. The Bertz CT molecular complexity index is 939. The molecule has 0 atom stereocenters. The molecule has 0 N–H and O–H groups in total. The molecule has 0 saturated carbocycles. The van der Waals surface area contributed by atoms with Crippen molar-refractivity contribution in [3.63, 3.8) is 0 Å². The van der Waals surface area contributed by atoms with Gasteiger partial charge in [-0.1, -0.05) is 48.0 Å². The molecule has 2 aromatic carbocycles. The lowest BCUT2D eigenvalue weighted by molar-refractivity contribution is -0.139. The SMILES string of the molecule is CCOC(=O)CSC1=CC(=NSCc2ccc(Cl)cc2)c2ccccc2C1=O. The molecule has 28 heavy (non-hydrogen) atoms. The predicted octanol–water partition coefficient (Wildman–Crippen LogP) is 5.35. The minimum absolute atomic E-state index is 0.0912. The number of thioether (sulfide) groups is 1. The molecular weight excluding hydrogens is 414 g/mol. The number of benzene rings is 2. The first-order valence-corrected chi connectivity index (χ1v) is 11.0. The van der Waals surface area contributed by atoms with Crippen molar-refractivity contribution in [2.24, 2.45) is 4.40 Å². The van der Waals surface area contributed by atoms with Crippen LogP contribution >= 0.6 is 35.3 Å². The normalized spacial score (nSPS) is 14.6. The highest BCUT2D eigenvalue weighted by molar-refractivity contribution is 8.04. The summed E-state index contributed by atoms with van der Waals surface area (Å²) in [5, 5.41) is 0.700. The molecule has 0 saturated heterocycles. The third-order valence-electron chi connectivity index (χ3n) is 3.90. The Morgan fingerprint density at radius 1 is 1.11 bits per heavy atom. The van der Waals surface area contributed by atoms with E-state index in [-0.39, 0.29) is 17.5 Å². The third kappa shape index (κ3) is 5.28. The molecule has 0 unspecified atom stereocenters. The number of ketones is 1. The van der Waals surface area contributed by atoms with Gasteiger partial charge in [0.2, 0.25) is 0 Å². The summed E-state index contributed by atoms with van der Waals surface area (Å²) in [5.41, 5.74) is 3.24. The van der Waals surface area contributed by atoms with Crippen LogP contribution < -0.4 is 0 Å². The van der Waals surface area contributed by atoms with Crippen molar-refractivity contribution in [2.75, 3.05) is 12.4 Å². The van der Waals surface area contributed by atoms with E-state index in [1.54, 1.807) is 19.1 Å². The van der Waals surface area contributed by atoms with E-state index < -0.39 is 0 Å². The fourth-order valence-corrected chi connectivity index (χ4v) is 4.20. The minimum atomic E-state index is -0.337. The second-order valence-corrected chi connectivity index (χ2v) is 8.04. The molecule has 0 amide bonds. The number of fused-ring (bicyclic) bond motifs is 1. The lowest BCUT2D eigenvalue weighted by atomic mass is 9.94. The summed E-state index contributed by atoms with van der Waals surface area (Å²) >= 11 is 8.51. The molecular formula is C21H18ClNO3S2. The monoisotopic (exact) mass is 431 g/mol. The van der Waals surface area contributed by atoms with Gasteiger partial charge in [-0.2, -0.15) is 0 Å². The molecule has 0 aromatic heterocycles. The Morgan fingerprint density at radius 2 is 1.82 bits per heavy atom. The number of nitrogens with zero attached hydrogens (tertiary/aromatic N) is 1. The summed E-state index contributed by atoms with van der Waals surface area (Å²) in [4.78, 5) is 24.9. The van der Waals surface area contributed by atoms with Gasteiger partial charge in [-0.05, 0) is 42.6 Å². The minimum Gasteiger partial charge on any atom is -0.465 e. The van der Waals surface area contributed by atoms with Crippen molar-refractivity contribution in [1.82, 2.24) is 0 Å². The van der Waals surface area contributed by atoms with Crippen LogP contribution in [0.2, 0.25) is 5.02 Å². The lowest BCUT2D eigenvalue weighted by Gasteiger charge is -2.16. The third-order valence-corrected chi connectivity index (χ3v) is 5.93. The van der Waals surface area contributed by atoms with E-state index in [2.05, 4.69) is 4.40 Å². The number of halogens is 1. The quantitative estimate of drug-likeness (QED) is 0.436. The zero-order valence-corrected chi connectivity index (χ0v) is 17.6. The summed E-state index contributed by atoms with van der Waals surface area (Å²) in [6.45, 7) is 2.08. The highest BCUT2D eigenvalue weighted by Crippen LogP contribution is 2.30. The van der Waals surface area contributed by atoms with Crippen molar-refractivity contribution < 1.29 is 14.3 Å². The second-order valence-electron chi connectivity index (χ2n) is 5.85. The van der Waals surface area contributed by atoms with E-state index in [1.807, 2.05) is 42.5 Å². The number of allylic oxidation sites excluding steroid dienone is 2. The topological polar surface area (TPSA) is 55.7 Å². The molecule has 1 aliphatic rings. The summed E-state index contributed by atoms with van der Waals surface area (Å²) in [5.74, 6) is 0.358. The van der Waals surface area contributed by atoms with Gasteiger partial charge >= 0.3 is 5.97 Å². The van der Waals surface area contributed by atoms with E-state index in [1.165, 1.54) is 23.7 Å². The molecule has 0 heterocycles. The molecule has 7 heteroatoms. The fraction of sp³-hybridized carbons (Fsp3) is 0.190. The highest BCUT2D eigenvalue weighted by atomic mass is 35.5. The molecule has 0 fully saturated rings. The number of carbonyl (C=O) groups excluding carboxylic acids is 2. The van der Waals surface area contributed by atoms with Crippen LogP contribution in [0.4, 0.5) is 0 Å². The Labute approximate surface area is 177 Å². The van der Waals surface area contributed by atoms with Crippen LogP contribution in [0.1, 0.15) is 28.4 Å². The summed E-state index contributed by atoms with van der Waals surface area (Å²) in [6, 6.07) is 15.0. The van der Waals surface area contributed by atoms with Gasteiger partial charge in [0.1, 0.15) is 0 Å². The molecule has 0 bridgehead atoms. The number of hydrogen-bond acceptors (Lipinski definition) is 6. The van der Waals surface area contributed by atoms with Crippen molar-refractivity contribution in [3.8, 4) is 0 Å². The smallest absolute Gasteiger partial charge is 0.316 e. The van der Waals surface area contributed by atoms with Gasteiger partial charge in [-0.3, -0.25) is 9.59 Å². The van der Waals surface area contributed by atoms with Gasteiger partial charge in [0.05, 0.1) is 23.0 Å². The van der Waals surface area contributed by atoms with Gasteiger partial charge in [-0.25, -0.2) is 4.40 Å². The van der Waals surface area contributed by atoms with E-state index in [9.17, 15) is 9.59 Å². The predicted molar refractivity (Wildman–Crippen MR) is 117 cm³/mol. The Balaban J connectivity index is 1.78. The first kappa shape index (κ1) is 20.7. The number of carbonyl (C=O) groups is 2. The van der Waals surface area contributed by atoms with E-state index >= 15 is 0 Å². The standard InChI is InChI=1S/C21H18ClNO3S2/c1-2-26-20(24)13-27-19-11-18(16-5-3-4-6-17(16)21(19)25)23-28-12-14-7-9-15(22)10-8-14/h3-11H,2,12-13H2,1H3. The van der Waals surface area contributed by atoms with Crippen molar-refractivity contribution in [1.29, 1.82) is 0 Å². The van der Waals surface area contributed by atoms with E-state index in [4.69, 9.17) is 16.3 Å². The first-order valence-electron chi connectivity index (χ1n) is 8.67. The molecule has 0 radical (unpaired) electrons. The van der Waals surface area contributed by atoms with E-state index in [0.717, 1.165) is 16.8 Å². The van der Waals surface area contributed by atoms with Crippen LogP contribution in [0.5, 0.6) is 0 Å². The molecule has 0 spiro atoms. The van der Waals surface area contributed by atoms with Gasteiger partial charge in [0.25, 0.3) is 0 Å². The van der Waals surface area contributed by atoms with E-state index in [0.29, 0.717) is 27.9 Å². The van der Waals surface area contributed by atoms with Gasteiger partial charge in [0.15, 0.2) is 5.78 Å². The first-order chi connectivity index (χ1) is 13.6. The van der Waals surface area contributed by atoms with Crippen LogP contribution in [-0.4, -0.2) is 29.8 Å². The maximum Gasteiger partial charge on any atom is 0.316 e. The van der Waals surface area contributed by atoms with Crippen LogP contribution in [0.25, 0.3) is 0 Å². The molecule has 3 rings (SSSR count). The summed E-state index contributed by atoms with van der Waals surface area (Å²) < 4.78 is 9.58. The zero-order chi connectivity index (χ0) is 19.9. The largest absolute Gasteiger partial charge is 0.465 e. The maximum absolute atomic E-state index is 12.7. The fourth-order valence-electron chi connectivity index (χ4n) is 2.58. The average Bonchev–Trinajstić information content (AvgIpc) is 2.70. The van der Waals surface area contributed by atoms with Gasteiger partial charge in [-0.15, -0.1) is 11.8 Å². The molecule has 1 aliphatic carbocycles. The number of ether oxygens (including phenoxy) is 1. The van der Waals surface area contributed by atoms with Gasteiger partial charge < -0.3 is 4.74 Å². The molecule has 144 valence electrons. The van der Waals surface area contributed by atoms with Crippen LogP contribution in [-0.2, 0) is 15.3 Å². The van der Waals surface area contributed by atoms with Crippen LogP contribution in [0, 0.1) is 0 Å². The molecule has 0 aliphatic heterocycles. The maximum atomic E-state index is 12.7. The summed E-state index contributed by atoms with van der Waals surface area (Å²) in [6.07, 6.45) is 1.75. The van der Waals surface area contributed by atoms with Crippen molar-refractivity contribution >= 4 is 52.8 Å². The second kappa shape index (κ2) is 9.96. The number of hydrogen-bond donors (Lipinski definition) is 0. The zero-order valence-electron chi connectivity index (χ0n) is 15.2. The highest BCUT2D eigenvalue weighted by Gasteiger charge is 2.25. The van der Waals surface area contributed by atoms with Crippen LogP contribution in [0.3, 0.4) is 0 Å². The number of esters is 1. The Kier molecular flexibility index (Phi) is 7.36. The molecule has 4 nitrogen and oxygen atoms in total. The lowest BCUT2D eigenvalue weighted by Crippen LogP contribution is -2.17. The Morgan fingerprint density at radius 3 is 2.54 bits per heavy atom.